The van der Waals surface area contributed by atoms with E-state index in [9.17, 15) is 0 Å². The first kappa shape index (κ1) is 10.8. The molecule has 16 heavy (non-hydrogen) atoms. The van der Waals surface area contributed by atoms with Gasteiger partial charge in [-0.25, -0.2) is 0 Å². The molecular weight excluding hydrogens is 196 g/mol. The van der Waals surface area contributed by atoms with Crippen molar-refractivity contribution >= 4 is 0 Å². The molecule has 2 aliphatic rings. The minimum absolute atomic E-state index is 0.476. The fourth-order valence-electron chi connectivity index (χ4n) is 1.97. The Morgan fingerprint density at radius 1 is 1.38 bits per heavy atom. The van der Waals surface area contributed by atoms with Crippen LogP contribution in [0.4, 0.5) is 0 Å². The van der Waals surface area contributed by atoms with Gasteiger partial charge < -0.3 is 5.32 Å². The largest absolute Gasteiger partial charge is 0.358 e. The molecule has 0 fully saturated rings. The third kappa shape index (κ3) is 2.43. The first-order valence-electron chi connectivity index (χ1n) is 5.75. The monoisotopic (exact) mass is 212 g/mol. The van der Waals surface area contributed by atoms with Crippen molar-refractivity contribution in [2.75, 3.05) is 0 Å². The summed E-state index contributed by atoms with van der Waals surface area (Å²) in [6.07, 6.45) is 13.5. The Morgan fingerprint density at radius 2 is 2.25 bits per heavy atom. The second-order valence-electron chi connectivity index (χ2n) is 4.27. The van der Waals surface area contributed by atoms with Gasteiger partial charge in [-0.15, -0.1) is 0 Å². The maximum atomic E-state index is 8.96. The molecule has 2 heteroatoms. The van der Waals surface area contributed by atoms with Crippen molar-refractivity contribution in [3.63, 3.8) is 0 Å². The standard InChI is InChI=1S/C14H16N2/c1-11-4-2-6-13(9-8-11)16-14-7-3-5-12(14)10-15/h2,4,6,8-9,11,16H,3,5,7H2,1H3. The highest BCUT2D eigenvalue weighted by molar-refractivity contribution is 5.36. The summed E-state index contributed by atoms with van der Waals surface area (Å²) in [6.45, 7) is 2.15. The molecule has 0 heterocycles. The number of nitrogens with one attached hydrogen (secondary N) is 1. The molecule has 0 aliphatic heterocycles. The second kappa shape index (κ2) is 4.85. The number of nitriles is 1. The van der Waals surface area contributed by atoms with Crippen LogP contribution in [0.1, 0.15) is 26.2 Å². The molecule has 0 aromatic rings. The number of hydrogen-bond donors (Lipinski definition) is 1. The third-order valence-corrected chi connectivity index (χ3v) is 2.92. The summed E-state index contributed by atoms with van der Waals surface area (Å²) in [4.78, 5) is 0. The first-order chi connectivity index (χ1) is 7.79. The van der Waals surface area contributed by atoms with E-state index < -0.39 is 0 Å². The summed E-state index contributed by atoms with van der Waals surface area (Å²) in [5.74, 6) is 0.476. The molecule has 0 aromatic carbocycles. The number of nitrogens with zero attached hydrogens (tertiary/aromatic N) is 1. The highest BCUT2D eigenvalue weighted by atomic mass is 14.9. The van der Waals surface area contributed by atoms with Gasteiger partial charge in [-0.1, -0.05) is 25.2 Å². The SMILES string of the molecule is CC1C=CC=C(NC2=C(C#N)CCC2)C=C1. The van der Waals surface area contributed by atoms with Gasteiger partial charge in [-0.3, -0.25) is 0 Å². The Balaban J connectivity index is 2.11. The topological polar surface area (TPSA) is 35.8 Å². The van der Waals surface area contributed by atoms with E-state index in [-0.39, 0.29) is 0 Å². The lowest BCUT2D eigenvalue weighted by atomic mass is 10.1. The Kier molecular flexibility index (Phi) is 3.26. The molecule has 1 atom stereocenters. The average molecular weight is 212 g/mol. The van der Waals surface area contributed by atoms with Crippen molar-refractivity contribution in [3.8, 4) is 6.07 Å². The average Bonchev–Trinajstić information content (AvgIpc) is 2.63. The maximum Gasteiger partial charge on any atom is 0.0965 e. The van der Waals surface area contributed by atoms with Gasteiger partial charge in [-0.05, 0) is 37.3 Å². The molecule has 0 spiro atoms. The van der Waals surface area contributed by atoms with Gasteiger partial charge in [0.15, 0.2) is 0 Å². The van der Waals surface area contributed by atoms with Crippen molar-refractivity contribution in [2.24, 2.45) is 5.92 Å². The van der Waals surface area contributed by atoms with E-state index in [2.05, 4.69) is 48.7 Å². The molecule has 0 saturated carbocycles. The summed E-state index contributed by atoms with van der Waals surface area (Å²) >= 11 is 0. The predicted octanol–water partition coefficient (Wildman–Crippen LogP) is 3.18. The highest BCUT2D eigenvalue weighted by Gasteiger charge is 2.14. The minimum Gasteiger partial charge on any atom is -0.358 e. The number of rotatable bonds is 2. The second-order valence-corrected chi connectivity index (χ2v) is 4.27. The van der Waals surface area contributed by atoms with Gasteiger partial charge in [0, 0.05) is 17.0 Å². The van der Waals surface area contributed by atoms with E-state index in [1.54, 1.807) is 0 Å². The number of allylic oxidation sites excluding steroid dienone is 7. The van der Waals surface area contributed by atoms with Crippen molar-refractivity contribution in [3.05, 3.63) is 47.3 Å². The third-order valence-electron chi connectivity index (χ3n) is 2.92. The van der Waals surface area contributed by atoms with Crippen molar-refractivity contribution in [2.45, 2.75) is 26.2 Å². The van der Waals surface area contributed by atoms with Crippen LogP contribution in [0.5, 0.6) is 0 Å². The van der Waals surface area contributed by atoms with Gasteiger partial charge in [0.25, 0.3) is 0 Å². The molecule has 1 N–H and O–H groups in total. The maximum absolute atomic E-state index is 8.96. The summed E-state index contributed by atoms with van der Waals surface area (Å²) < 4.78 is 0. The highest BCUT2D eigenvalue weighted by Crippen LogP contribution is 2.24. The Hall–Kier alpha value is -1.75. The number of hydrogen-bond acceptors (Lipinski definition) is 2. The zero-order valence-electron chi connectivity index (χ0n) is 9.53. The molecule has 0 saturated heterocycles. The van der Waals surface area contributed by atoms with Crippen LogP contribution in [0.25, 0.3) is 0 Å². The van der Waals surface area contributed by atoms with Crippen LogP contribution in [-0.4, -0.2) is 0 Å². The van der Waals surface area contributed by atoms with Crippen LogP contribution >= 0.6 is 0 Å². The quantitative estimate of drug-likeness (QED) is 0.763. The first-order valence-corrected chi connectivity index (χ1v) is 5.75. The molecule has 2 aliphatic carbocycles. The zero-order chi connectivity index (χ0) is 11.4. The molecule has 82 valence electrons. The molecule has 0 aromatic heterocycles. The molecule has 0 radical (unpaired) electrons. The molecule has 0 bridgehead atoms. The molecule has 2 rings (SSSR count). The van der Waals surface area contributed by atoms with Crippen LogP contribution in [0, 0.1) is 17.2 Å². The predicted molar refractivity (Wildman–Crippen MR) is 65.2 cm³/mol. The lowest BCUT2D eigenvalue weighted by Gasteiger charge is -2.07. The van der Waals surface area contributed by atoms with Crippen molar-refractivity contribution in [1.29, 1.82) is 5.26 Å². The van der Waals surface area contributed by atoms with Gasteiger partial charge in [0.1, 0.15) is 0 Å². The van der Waals surface area contributed by atoms with Crippen LogP contribution in [0.15, 0.2) is 47.3 Å². The summed E-state index contributed by atoms with van der Waals surface area (Å²) in [5.41, 5.74) is 3.09. The van der Waals surface area contributed by atoms with E-state index in [1.807, 2.05) is 0 Å². The van der Waals surface area contributed by atoms with E-state index in [1.165, 1.54) is 0 Å². The summed E-state index contributed by atoms with van der Waals surface area (Å²) in [7, 11) is 0. The minimum atomic E-state index is 0.476. The van der Waals surface area contributed by atoms with E-state index in [0.29, 0.717) is 5.92 Å². The van der Waals surface area contributed by atoms with Gasteiger partial charge in [0.05, 0.1) is 6.07 Å². The van der Waals surface area contributed by atoms with Gasteiger partial charge in [0.2, 0.25) is 0 Å². The van der Waals surface area contributed by atoms with Crippen LogP contribution < -0.4 is 5.32 Å². The van der Waals surface area contributed by atoms with Crippen LogP contribution in [0.3, 0.4) is 0 Å². The van der Waals surface area contributed by atoms with Gasteiger partial charge in [-0.2, -0.15) is 5.26 Å². The molecule has 0 amide bonds. The normalized spacial score (nSPS) is 24.0. The van der Waals surface area contributed by atoms with E-state index in [4.69, 9.17) is 5.26 Å². The summed E-state index contributed by atoms with van der Waals surface area (Å²) in [5, 5.41) is 12.3. The van der Waals surface area contributed by atoms with Crippen LogP contribution in [-0.2, 0) is 0 Å². The van der Waals surface area contributed by atoms with Crippen molar-refractivity contribution in [1.82, 2.24) is 5.32 Å². The molecular formula is C14H16N2. The fourth-order valence-corrected chi connectivity index (χ4v) is 1.97. The lowest BCUT2D eigenvalue weighted by Crippen LogP contribution is -2.10. The van der Waals surface area contributed by atoms with Crippen LogP contribution in [0.2, 0.25) is 0 Å². The zero-order valence-corrected chi connectivity index (χ0v) is 9.53. The molecule has 1 unspecified atom stereocenters. The molecule has 2 nitrogen and oxygen atoms in total. The van der Waals surface area contributed by atoms with E-state index >= 15 is 0 Å². The smallest absolute Gasteiger partial charge is 0.0965 e. The summed E-state index contributed by atoms with van der Waals surface area (Å²) in [6, 6.07) is 2.28. The van der Waals surface area contributed by atoms with Gasteiger partial charge >= 0.3 is 0 Å². The van der Waals surface area contributed by atoms with E-state index in [0.717, 1.165) is 36.2 Å². The Bertz CT molecular complexity index is 430. The van der Waals surface area contributed by atoms with Crippen molar-refractivity contribution < 1.29 is 0 Å². The lowest BCUT2D eigenvalue weighted by molar-refractivity contribution is 0.851. The fraction of sp³-hybridized carbons (Fsp3) is 0.357. The Labute approximate surface area is 96.7 Å². The Morgan fingerprint density at radius 3 is 3.06 bits per heavy atom.